The van der Waals surface area contributed by atoms with Gasteiger partial charge in [0, 0.05) is 35.0 Å². The summed E-state index contributed by atoms with van der Waals surface area (Å²) in [6.45, 7) is 9.11. The van der Waals surface area contributed by atoms with Gasteiger partial charge in [-0.2, -0.15) is 4.57 Å². The van der Waals surface area contributed by atoms with Gasteiger partial charge in [0.2, 0.25) is 11.2 Å². The number of para-hydroxylation sites is 1. The number of anilines is 1. The highest BCUT2D eigenvalue weighted by atomic mass is 32.2. The zero-order valence-corrected chi connectivity index (χ0v) is 16.3. The molecular weight excluding hydrogens is 336 g/mol. The zero-order valence-electron chi connectivity index (χ0n) is 15.5. The molecule has 1 aliphatic rings. The second-order valence-electron chi connectivity index (χ2n) is 6.79. The first-order valence-electron chi connectivity index (χ1n) is 8.85. The lowest BCUT2D eigenvalue weighted by Crippen LogP contribution is -2.38. The van der Waals surface area contributed by atoms with Gasteiger partial charge in [-0.3, -0.25) is 0 Å². The lowest BCUT2D eigenvalue weighted by molar-refractivity contribution is -0.662. The van der Waals surface area contributed by atoms with Crippen molar-refractivity contribution in [3.63, 3.8) is 0 Å². The van der Waals surface area contributed by atoms with E-state index in [1.807, 2.05) is 17.8 Å². The van der Waals surface area contributed by atoms with E-state index in [1.165, 1.54) is 43.3 Å². The Kier molecular flexibility index (Phi) is 4.33. The van der Waals surface area contributed by atoms with Crippen LogP contribution in [-0.4, -0.2) is 7.05 Å². The van der Waals surface area contributed by atoms with Crippen molar-refractivity contribution < 1.29 is 4.57 Å². The Balaban J connectivity index is 1.87. The average molecular weight is 360 g/mol. The number of hydrogen-bond acceptors (Lipinski definition) is 2. The molecule has 3 aromatic rings. The van der Waals surface area contributed by atoms with E-state index in [2.05, 4.69) is 91.5 Å². The Morgan fingerprint density at radius 2 is 1.92 bits per heavy atom. The fourth-order valence-electron chi connectivity index (χ4n) is 3.71. The summed E-state index contributed by atoms with van der Waals surface area (Å²) in [5.74, 6) is 0. The molecule has 0 aliphatic carbocycles. The quantitative estimate of drug-likeness (QED) is 0.452. The second-order valence-corrected chi connectivity index (χ2v) is 7.85. The first-order valence-corrected chi connectivity index (χ1v) is 9.67. The van der Waals surface area contributed by atoms with Crippen LogP contribution in [0.3, 0.4) is 0 Å². The second kappa shape index (κ2) is 6.65. The molecule has 0 amide bonds. The Bertz CT molecular complexity index is 1050. The predicted molar refractivity (Wildman–Crippen MR) is 112 cm³/mol. The molecule has 130 valence electrons. The van der Waals surface area contributed by atoms with Gasteiger partial charge in [0.15, 0.2) is 6.54 Å². The van der Waals surface area contributed by atoms with Crippen molar-refractivity contribution >= 4 is 34.4 Å². The van der Waals surface area contributed by atoms with Crippen molar-refractivity contribution in [3.8, 4) is 0 Å². The molecule has 2 heterocycles. The molecule has 0 N–H and O–H groups in total. The first-order chi connectivity index (χ1) is 12.6. The number of aryl methyl sites for hydroxylation is 2. The Morgan fingerprint density at radius 1 is 1.12 bits per heavy atom. The van der Waals surface area contributed by atoms with Crippen LogP contribution in [0.5, 0.6) is 0 Å². The number of aromatic nitrogens is 1. The van der Waals surface area contributed by atoms with E-state index in [-0.39, 0.29) is 0 Å². The summed E-state index contributed by atoms with van der Waals surface area (Å²) in [5.41, 5.74) is 6.36. The standard InChI is InChI=1S/C23H23N2S/c1-5-12-25-19(11-10-18-14-16(2)13-17(3)23(18)25)15-22-24(4)20-8-6-7-9-21(20)26-22/h5-11,13-15H,1,12H2,2-4H3/q+1. The minimum absolute atomic E-state index is 0.793. The maximum atomic E-state index is 3.97. The number of hydrogen-bond donors (Lipinski definition) is 0. The SMILES string of the molecule is C=CC[n+]1c(/C=C2/Sc3ccccc3N2C)ccc2cc(C)cc(C)c21. The number of nitrogens with zero attached hydrogens (tertiary/aromatic N) is 2. The summed E-state index contributed by atoms with van der Waals surface area (Å²) in [6, 6.07) is 17.5. The van der Waals surface area contributed by atoms with Crippen molar-refractivity contribution in [2.75, 3.05) is 11.9 Å². The molecule has 0 atom stereocenters. The smallest absolute Gasteiger partial charge is 0.216 e. The molecule has 0 spiro atoms. The van der Waals surface area contributed by atoms with Gasteiger partial charge < -0.3 is 4.90 Å². The molecule has 0 saturated heterocycles. The number of pyridine rings is 1. The molecule has 0 bridgehead atoms. The van der Waals surface area contributed by atoms with Crippen molar-refractivity contribution in [1.29, 1.82) is 0 Å². The van der Waals surface area contributed by atoms with Crippen LogP contribution < -0.4 is 9.47 Å². The van der Waals surface area contributed by atoms with Gasteiger partial charge in [-0.15, -0.1) is 0 Å². The zero-order chi connectivity index (χ0) is 18.3. The van der Waals surface area contributed by atoms with Crippen LogP contribution in [0, 0.1) is 13.8 Å². The molecule has 0 saturated carbocycles. The Morgan fingerprint density at radius 3 is 2.69 bits per heavy atom. The lowest BCUT2D eigenvalue weighted by atomic mass is 10.1. The minimum Gasteiger partial charge on any atom is -0.338 e. The predicted octanol–water partition coefficient (Wildman–Crippen LogP) is 5.47. The molecule has 0 radical (unpaired) electrons. The largest absolute Gasteiger partial charge is 0.338 e. The van der Waals surface area contributed by atoms with Gasteiger partial charge in [-0.1, -0.05) is 30.5 Å². The van der Waals surface area contributed by atoms with Gasteiger partial charge in [0.1, 0.15) is 0 Å². The number of benzene rings is 2. The van der Waals surface area contributed by atoms with E-state index in [9.17, 15) is 0 Å². The summed E-state index contributed by atoms with van der Waals surface area (Å²) in [5, 5.41) is 2.52. The van der Waals surface area contributed by atoms with Gasteiger partial charge in [-0.25, -0.2) is 0 Å². The van der Waals surface area contributed by atoms with E-state index in [0.29, 0.717) is 0 Å². The van der Waals surface area contributed by atoms with E-state index in [1.54, 1.807) is 0 Å². The molecule has 3 heteroatoms. The van der Waals surface area contributed by atoms with Crippen molar-refractivity contribution in [3.05, 3.63) is 83.0 Å². The van der Waals surface area contributed by atoms with Crippen LogP contribution in [0.1, 0.15) is 16.8 Å². The van der Waals surface area contributed by atoms with Crippen molar-refractivity contribution in [2.24, 2.45) is 0 Å². The van der Waals surface area contributed by atoms with E-state index >= 15 is 0 Å². The topological polar surface area (TPSA) is 7.12 Å². The third-order valence-corrected chi connectivity index (χ3v) is 6.01. The Hall–Kier alpha value is -2.52. The third-order valence-electron chi connectivity index (χ3n) is 4.84. The van der Waals surface area contributed by atoms with Crippen LogP contribution >= 0.6 is 11.8 Å². The highest BCUT2D eigenvalue weighted by Crippen LogP contribution is 2.45. The number of rotatable bonds is 3. The molecule has 0 unspecified atom stereocenters. The fourth-order valence-corrected chi connectivity index (χ4v) is 4.80. The summed E-state index contributed by atoms with van der Waals surface area (Å²) < 4.78 is 2.36. The minimum atomic E-state index is 0.793. The van der Waals surface area contributed by atoms with Crippen LogP contribution in [0.15, 0.2) is 71.1 Å². The maximum absolute atomic E-state index is 3.97. The molecule has 1 aromatic heterocycles. The molecule has 2 aromatic carbocycles. The van der Waals surface area contributed by atoms with Gasteiger partial charge in [0.05, 0.1) is 10.7 Å². The van der Waals surface area contributed by atoms with E-state index in [4.69, 9.17) is 0 Å². The normalized spacial score (nSPS) is 14.9. The summed E-state index contributed by atoms with van der Waals surface area (Å²) in [6.07, 6.45) is 4.26. The monoisotopic (exact) mass is 359 g/mol. The summed E-state index contributed by atoms with van der Waals surface area (Å²) in [4.78, 5) is 3.58. The molecule has 26 heavy (non-hydrogen) atoms. The lowest BCUT2D eigenvalue weighted by Gasteiger charge is -2.13. The van der Waals surface area contributed by atoms with Crippen LogP contribution in [0.2, 0.25) is 0 Å². The van der Waals surface area contributed by atoms with Crippen LogP contribution in [-0.2, 0) is 6.54 Å². The molecule has 1 aliphatic heterocycles. The highest BCUT2D eigenvalue weighted by Gasteiger charge is 2.23. The summed E-state index contributed by atoms with van der Waals surface area (Å²) in [7, 11) is 2.14. The number of allylic oxidation sites excluding steroid dienone is 1. The number of thioether (sulfide) groups is 1. The van der Waals surface area contributed by atoms with Crippen LogP contribution in [0.25, 0.3) is 17.0 Å². The van der Waals surface area contributed by atoms with Gasteiger partial charge >= 0.3 is 0 Å². The average Bonchev–Trinajstić information content (AvgIpc) is 2.93. The molecular formula is C23H23N2S+. The fraction of sp³-hybridized carbons (Fsp3) is 0.174. The van der Waals surface area contributed by atoms with E-state index < -0.39 is 0 Å². The van der Waals surface area contributed by atoms with Gasteiger partial charge in [0.25, 0.3) is 0 Å². The first kappa shape index (κ1) is 16.9. The van der Waals surface area contributed by atoms with Crippen molar-refractivity contribution in [2.45, 2.75) is 25.3 Å². The molecule has 0 fully saturated rings. The molecule has 4 rings (SSSR count). The van der Waals surface area contributed by atoms with E-state index in [0.717, 1.165) is 6.54 Å². The number of fused-ring (bicyclic) bond motifs is 2. The van der Waals surface area contributed by atoms with Crippen molar-refractivity contribution in [1.82, 2.24) is 0 Å². The maximum Gasteiger partial charge on any atom is 0.216 e. The third kappa shape index (κ3) is 2.82. The van der Waals surface area contributed by atoms with Gasteiger partial charge in [-0.05, 0) is 55.8 Å². The highest BCUT2D eigenvalue weighted by molar-refractivity contribution is 8.03. The summed E-state index contributed by atoms with van der Waals surface area (Å²) >= 11 is 1.83. The Labute approximate surface area is 159 Å². The van der Waals surface area contributed by atoms with Crippen LogP contribution in [0.4, 0.5) is 5.69 Å². The molecule has 2 nitrogen and oxygen atoms in total.